The number of carbonyl (C=O) groups excluding carboxylic acids is 3. The highest BCUT2D eigenvalue weighted by atomic mass is 16.2. The fourth-order valence-electron chi connectivity index (χ4n) is 5.18. The molecule has 6 heteroatoms. The minimum absolute atomic E-state index is 0.233. The first-order valence-corrected chi connectivity index (χ1v) is 17.5. The smallest absolute Gasteiger partial charge is 0.251 e. The second-order valence-electron chi connectivity index (χ2n) is 11.9. The summed E-state index contributed by atoms with van der Waals surface area (Å²) in [6.07, 6.45) is 24.8. The van der Waals surface area contributed by atoms with Crippen molar-refractivity contribution in [3.8, 4) is 0 Å². The van der Waals surface area contributed by atoms with E-state index in [1.54, 1.807) is 18.2 Å². The van der Waals surface area contributed by atoms with Gasteiger partial charge in [0, 0.05) is 36.3 Å². The van der Waals surface area contributed by atoms with E-state index in [2.05, 4.69) is 36.7 Å². The van der Waals surface area contributed by atoms with Crippen molar-refractivity contribution in [2.75, 3.05) is 19.6 Å². The van der Waals surface area contributed by atoms with Crippen LogP contribution in [0.1, 0.15) is 187 Å². The van der Waals surface area contributed by atoms with E-state index < -0.39 is 0 Å². The normalized spacial score (nSPS) is 10.9. The average molecular weight is 586 g/mol. The second kappa shape index (κ2) is 26.3. The molecule has 0 aromatic heterocycles. The number of carbonyl (C=O) groups is 3. The highest BCUT2D eigenvalue weighted by Crippen LogP contribution is 2.13. The Hall–Kier alpha value is -2.37. The summed E-state index contributed by atoms with van der Waals surface area (Å²) in [5, 5.41) is 8.98. The van der Waals surface area contributed by atoms with Crippen LogP contribution in [0.4, 0.5) is 0 Å². The lowest BCUT2D eigenvalue weighted by Gasteiger charge is -2.12. The number of amides is 3. The summed E-state index contributed by atoms with van der Waals surface area (Å²) >= 11 is 0. The van der Waals surface area contributed by atoms with Crippen molar-refractivity contribution in [3.63, 3.8) is 0 Å². The van der Waals surface area contributed by atoms with Crippen LogP contribution in [-0.2, 0) is 0 Å². The minimum atomic E-state index is -0.233. The van der Waals surface area contributed by atoms with Gasteiger partial charge in [0.15, 0.2) is 0 Å². The minimum Gasteiger partial charge on any atom is -0.352 e. The average Bonchev–Trinajstić information content (AvgIpc) is 3.00. The first-order valence-electron chi connectivity index (χ1n) is 17.5. The summed E-state index contributed by atoms with van der Waals surface area (Å²) in [5.41, 5.74) is 1.09. The maximum Gasteiger partial charge on any atom is 0.251 e. The number of unbranched alkanes of at least 4 members (excludes halogenated alkanes) is 18. The van der Waals surface area contributed by atoms with Crippen LogP contribution in [-0.4, -0.2) is 37.4 Å². The van der Waals surface area contributed by atoms with Gasteiger partial charge in [-0.25, -0.2) is 0 Å². The van der Waals surface area contributed by atoms with Gasteiger partial charge in [-0.05, 0) is 37.5 Å². The van der Waals surface area contributed by atoms with Crippen LogP contribution in [0.25, 0.3) is 0 Å². The van der Waals surface area contributed by atoms with E-state index in [1.165, 1.54) is 96.3 Å². The topological polar surface area (TPSA) is 87.3 Å². The predicted molar refractivity (Wildman–Crippen MR) is 177 cm³/mol. The molecule has 0 heterocycles. The molecule has 0 fully saturated rings. The third-order valence-corrected chi connectivity index (χ3v) is 7.92. The molecule has 1 aromatic carbocycles. The van der Waals surface area contributed by atoms with E-state index in [0.717, 1.165) is 38.5 Å². The summed E-state index contributed by atoms with van der Waals surface area (Å²) in [6.45, 7) is 8.45. The molecule has 3 amide bonds. The zero-order valence-corrected chi connectivity index (χ0v) is 27.4. The Morgan fingerprint density at radius 1 is 0.381 bits per heavy atom. The SMILES string of the molecule is CCCCCCCCCNC(=O)c1cc(C(=O)NCCCCCCCCC)cc(C(=O)NCCCCCCCCC)c1. The summed E-state index contributed by atoms with van der Waals surface area (Å²) in [5.74, 6) is -0.698. The lowest BCUT2D eigenvalue weighted by Crippen LogP contribution is -2.29. The molecular weight excluding hydrogens is 522 g/mol. The standard InChI is InChI=1S/C36H63N3O3/c1-4-7-10-13-16-19-22-25-37-34(40)31-28-32(35(41)38-26-23-20-17-14-11-8-5-2)30-33(29-31)36(42)39-27-24-21-18-15-12-9-6-3/h28-30H,4-27H2,1-3H3,(H,37,40)(H,38,41)(H,39,42). The molecule has 3 N–H and O–H groups in total. The van der Waals surface area contributed by atoms with Gasteiger partial charge in [0.05, 0.1) is 0 Å². The van der Waals surface area contributed by atoms with Crippen LogP contribution in [0, 0.1) is 0 Å². The van der Waals surface area contributed by atoms with Gasteiger partial charge in [-0.1, -0.05) is 136 Å². The molecule has 240 valence electrons. The Morgan fingerprint density at radius 2 is 0.595 bits per heavy atom. The molecule has 0 radical (unpaired) electrons. The van der Waals surface area contributed by atoms with Crippen molar-refractivity contribution in [2.45, 2.75) is 156 Å². The van der Waals surface area contributed by atoms with E-state index in [0.29, 0.717) is 36.3 Å². The molecule has 1 rings (SSSR count). The van der Waals surface area contributed by atoms with Gasteiger partial charge in [-0.3, -0.25) is 14.4 Å². The lowest BCUT2D eigenvalue weighted by molar-refractivity contribution is 0.0952. The predicted octanol–water partition coefficient (Wildman–Crippen LogP) is 9.13. The molecule has 0 unspecified atom stereocenters. The quantitative estimate of drug-likeness (QED) is 0.0900. The summed E-state index contributed by atoms with van der Waals surface area (Å²) < 4.78 is 0. The molecule has 0 aliphatic heterocycles. The van der Waals surface area contributed by atoms with Crippen LogP contribution in [0.2, 0.25) is 0 Å². The Bertz CT molecular complexity index is 733. The maximum atomic E-state index is 13.0. The van der Waals surface area contributed by atoms with Crippen molar-refractivity contribution < 1.29 is 14.4 Å². The van der Waals surface area contributed by atoms with Crippen molar-refractivity contribution in [1.82, 2.24) is 16.0 Å². The Labute approximate surface area is 258 Å². The molecule has 0 bridgehead atoms. The van der Waals surface area contributed by atoms with Crippen molar-refractivity contribution in [3.05, 3.63) is 34.9 Å². The van der Waals surface area contributed by atoms with Gasteiger partial charge < -0.3 is 16.0 Å². The van der Waals surface area contributed by atoms with Gasteiger partial charge in [-0.15, -0.1) is 0 Å². The van der Waals surface area contributed by atoms with Crippen LogP contribution < -0.4 is 16.0 Å². The zero-order chi connectivity index (χ0) is 30.7. The van der Waals surface area contributed by atoms with Crippen LogP contribution in [0.5, 0.6) is 0 Å². The summed E-state index contributed by atoms with van der Waals surface area (Å²) in [7, 11) is 0. The number of benzene rings is 1. The molecule has 0 saturated heterocycles. The monoisotopic (exact) mass is 585 g/mol. The van der Waals surface area contributed by atoms with Crippen LogP contribution >= 0.6 is 0 Å². The van der Waals surface area contributed by atoms with Crippen molar-refractivity contribution >= 4 is 17.7 Å². The molecule has 0 aliphatic rings. The van der Waals surface area contributed by atoms with Crippen molar-refractivity contribution in [2.24, 2.45) is 0 Å². The molecule has 0 saturated carbocycles. The van der Waals surface area contributed by atoms with Gasteiger partial charge in [0.25, 0.3) is 17.7 Å². The van der Waals surface area contributed by atoms with Crippen molar-refractivity contribution in [1.29, 1.82) is 0 Å². The van der Waals surface area contributed by atoms with Crippen LogP contribution in [0.3, 0.4) is 0 Å². The van der Waals surface area contributed by atoms with Gasteiger partial charge >= 0.3 is 0 Å². The van der Waals surface area contributed by atoms with E-state index in [1.807, 2.05) is 0 Å². The highest BCUT2D eigenvalue weighted by Gasteiger charge is 2.16. The number of hydrogen-bond donors (Lipinski definition) is 3. The Kier molecular flexibility index (Phi) is 23.6. The highest BCUT2D eigenvalue weighted by molar-refractivity contribution is 6.04. The van der Waals surface area contributed by atoms with E-state index in [-0.39, 0.29) is 17.7 Å². The van der Waals surface area contributed by atoms with Gasteiger partial charge in [0.1, 0.15) is 0 Å². The molecule has 0 atom stereocenters. The molecule has 0 aliphatic carbocycles. The molecule has 42 heavy (non-hydrogen) atoms. The third kappa shape index (κ3) is 18.9. The number of hydrogen-bond acceptors (Lipinski definition) is 3. The summed E-state index contributed by atoms with van der Waals surface area (Å²) in [4.78, 5) is 39.0. The van der Waals surface area contributed by atoms with E-state index >= 15 is 0 Å². The summed E-state index contributed by atoms with van der Waals surface area (Å²) in [6, 6.07) is 4.85. The fourth-order valence-corrected chi connectivity index (χ4v) is 5.18. The van der Waals surface area contributed by atoms with E-state index in [9.17, 15) is 14.4 Å². The molecule has 6 nitrogen and oxygen atoms in total. The third-order valence-electron chi connectivity index (χ3n) is 7.92. The second-order valence-corrected chi connectivity index (χ2v) is 11.9. The van der Waals surface area contributed by atoms with E-state index in [4.69, 9.17) is 0 Å². The lowest BCUT2D eigenvalue weighted by atomic mass is 10.0. The Morgan fingerprint density at radius 3 is 0.833 bits per heavy atom. The number of rotatable bonds is 27. The number of nitrogens with one attached hydrogen (secondary N) is 3. The van der Waals surface area contributed by atoms with Gasteiger partial charge in [0.2, 0.25) is 0 Å². The van der Waals surface area contributed by atoms with Gasteiger partial charge in [-0.2, -0.15) is 0 Å². The maximum absolute atomic E-state index is 13.0. The molecular formula is C36H63N3O3. The fraction of sp³-hybridized carbons (Fsp3) is 0.750. The largest absolute Gasteiger partial charge is 0.352 e. The molecule has 0 spiro atoms. The Balaban J connectivity index is 2.67. The zero-order valence-electron chi connectivity index (χ0n) is 27.4. The van der Waals surface area contributed by atoms with Crippen LogP contribution in [0.15, 0.2) is 18.2 Å². The first kappa shape index (κ1) is 37.7. The molecule has 1 aromatic rings. The first-order chi connectivity index (χ1) is 20.5.